The Morgan fingerprint density at radius 2 is 1.61 bits per heavy atom. The predicted molar refractivity (Wildman–Crippen MR) is 148 cm³/mol. The molecule has 4 fully saturated rings. The van der Waals surface area contributed by atoms with Crippen LogP contribution in [0.5, 0.6) is 0 Å². The second-order valence-electron chi connectivity index (χ2n) is 14.3. The normalized spacial score (nSPS) is 43.4. The quantitative estimate of drug-likeness (QED) is 0.191. The van der Waals surface area contributed by atoms with E-state index in [-0.39, 0.29) is 53.3 Å². The average Bonchev–Trinajstić information content (AvgIpc) is 3.09. The first-order chi connectivity index (χ1) is 18.8. The molecular weight excluding hydrogens is 537 g/mol. The number of ether oxygens (including phenoxy) is 1. The van der Waals surface area contributed by atoms with Gasteiger partial charge in [-0.25, -0.2) is 4.79 Å². The summed E-state index contributed by atoms with van der Waals surface area (Å²) in [5.74, 6) is -2.13. The van der Waals surface area contributed by atoms with Crippen molar-refractivity contribution in [3.63, 3.8) is 0 Å². The minimum atomic E-state index is -4.58. The fraction of sp³-hybridized carbons (Fsp3) is 0.812. The minimum absolute atomic E-state index is 0.0836. The lowest BCUT2D eigenvalue weighted by Gasteiger charge is -2.69. The lowest BCUT2D eigenvalue weighted by molar-refractivity contribution is -0.234. The molecule has 0 aromatic carbocycles. The highest BCUT2D eigenvalue weighted by molar-refractivity contribution is 5.88. The zero-order valence-electron chi connectivity index (χ0n) is 25.4. The Bertz CT molecular complexity index is 1140. The summed E-state index contributed by atoms with van der Waals surface area (Å²) < 4.78 is 47.0. The molecule has 4 rings (SSSR count). The van der Waals surface area contributed by atoms with E-state index in [0.29, 0.717) is 18.4 Å². The third-order valence-electron chi connectivity index (χ3n) is 12.2. The maximum absolute atomic E-state index is 13.7. The number of hydrogen-bond acceptors (Lipinski definition) is 5. The van der Waals surface area contributed by atoms with Crippen molar-refractivity contribution in [2.45, 2.75) is 124 Å². The molecule has 3 unspecified atom stereocenters. The highest BCUT2D eigenvalue weighted by atomic mass is 19.4. The van der Waals surface area contributed by atoms with E-state index in [4.69, 9.17) is 4.74 Å². The van der Waals surface area contributed by atoms with Crippen molar-refractivity contribution in [1.29, 1.82) is 0 Å². The van der Waals surface area contributed by atoms with Gasteiger partial charge in [-0.1, -0.05) is 33.3 Å². The first-order valence-electron chi connectivity index (χ1n) is 15.0. The van der Waals surface area contributed by atoms with E-state index in [1.54, 1.807) is 0 Å². The Morgan fingerprint density at radius 1 is 0.976 bits per heavy atom. The van der Waals surface area contributed by atoms with Gasteiger partial charge in [0.15, 0.2) is 0 Å². The molecule has 232 valence electrons. The number of aliphatic hydroxyl groups is 2. The van der Waals surface area contributed by atoms with Crippen LogP contribution in [0.2, 0.25) is 0 Å². The summed E-state index contributed by atoms with van der Waals surface area (Å²) in [6.07, 6.45) is -3.77. The SMILES string of the molecule is CC(=O)O[C@H]1C[C@@]2(C)[C@H](CC(O)C3[C@@]4(C)CC[C@@H](O)[C@@H](C)C4CC[C@@]32C)C1=C(CCC(=C(C)C)C(F)(F)F)C(=O)O. The lowest BCUT2D eigenvalue weighted by atomic mass is 9.36. The average molecular weight is 585 g/mol. The summed E-state index contributed by atoms with van der Waals surface area (Å²) in [5, 5.41) is 32.9. The van der Waals surface area contributed by atoms with Gasteiger partial charge in [0.2, 0.25) is 0 Å². The number of rotatable bonds is 5. The van der Waals surface area contributed by atoms with Crippen molar-refractivity contribution >= 4 is 11.9 Å². The van der Waals surface area contributed by atoms with Crippen LogP contribution >= 0.6 is 0 Å². The van der Waals surface area contributed by atoms with Crippen LogP contribution in [-0.4, -0.2) is 51.7 Å². The second-order valence-corrected chi connectivity index (χ2v) is 14.3. The van der Waals surface area contributed by atoms with Gasteiger partial charge in [0.1, 0.15) is 6.10 Å². The molecule has 0 aliphatic heterocycles. The summed E-state index contributed by atoms with van der Waals surface area (Å²) >= 11 is 0. The van der Waals surface area contributed by atoms with Gasteiger partial charge in [-0.3, -0.25) is 4.79 Å². The third kappa shape index (κ3) is 5.07. The van der Waals surface area contributed by atoms with Gasteiger partial charge in [-0.15, -0.1) is 0 Å². The highest BCUT2D eigenvalue weighted by Crippen LogP contribution is 2.74. The largest absolute Gasteiger partial charge is 0.478 e. The third-order valence-corrected chi connectivity index (χ3v) is 12.2. The molecule has 0 spiro atoms. The maximum Gasteiger partial charge on any atom is 0.412 e. The number of aliphatic hydroxyl groups excluding tert-OH is 2. The van der Waals surface area contributed by atoms with Crippen molar-refractivity contribution in [2.75, 3.05) is 0 Å². The number of esters is 1. The first-order valence-corrected chi connectivity index (χ1v) is 15.0. The molecule has 41 heavy (non-hydrogen) atoms. The summed E-state index contributed by atoms with van der Waals surface area (Å²) in [4.78, 5) is 24.9. The summed E-state index contributed by atoms with van der Waals surface area (Å²) in [6, 6.07) is 0. The standard InChI is InChI=1S/C32H47F3O6/c1-16(2)20(32(33,34)35)9-8-19(28(39)40)26-22-14-24(38)27-29(5)12-11-23(37)17(3)21(29)10-13-30(27,6)31(22,7)15-25(26)41-18(4)36/h17,21-25,27,37-38H,8-15H2,1-7H3,(H,39,40)/t17-,21?,22+,23+,24?,25-,27?,29-,30-,31-/m0/s1. The fourth-order valence-electron chi connectivity index (χ4n) is 10.2. The summed E-state index contributed by atoms with van der Waals surface area (Å²) in [5.41, 5.74) is -1.67. The Labute approximate surface area is 241 Å². The molecule has 0 heterocycles. The molecule has 0 bridgehead atoms. The molecule has 0 aromatic rings. The number of carboxylic acid groups (broad SMARTS) is 1. The van der Waals surface area contributed by atoms with E-state index in [9.17, 15) is 38.1 Å². The van der Waals surface area contributed by atoms with Crippen LogP contribution in [0, 0.1) is 39.9 Å². The number of aliphatic carboxylic acids is 1. The number of carboxylic acids is 1. The van der Waals surface area contributed by atoms with Crippen molar-refractivity contribution in [2.24, 2.45) is 39.9 Å². The van der Waals surface area contributed by atoms with Crippen LogP contribution < -0.4 is 0 Å². The summed E-state index contributed by atoms with van der Waals surface area (Å²) in [7, 11) is 0. The van der Waals surface area contributed by atoms with Gasteiger partial charge in [0.05, 0.1) is 12.2 Å². The molecule has 0 radical (unpaired) electrons. The van der Waals surface area contributed by atoms with Crippen LogP contribution in [0.4, 0.5) is 13.2 Å². The Hall–Kier alpha value is -1.87. The molecule has 0 saturated heterocycles. The molecule has 3 N–H and O–H groups in total. The van der Waals surface area contributed by atoms with E-state index in [1.807, 2.05) is 0 Å². The van der Waals surface area contributed by atoms with Crippen LogP contribution in [0.25, 0.3) is 0 Å². The van der Waals surface area contributed by atoms with Gasteiger partial charge in [-0.05, 0) is 111 Å². The molecule has 6 nitrogen and oxygen atoms in total. The van der Waals surface area contributed by atoms with Gasteiger partial charge in [-0.2, -0.15) is 13.2 Å². The molecule has 0 aromatic heterocycles. The molecule has 0 amide bonds. The Balaban J connectivity index is 1.82. The van der Waals surface area contributed by atoms with Gasteiger partial charge in [0, 0.05) is 18.1 Å². The van der Waals surface area contributed by atoms with Crippen LogP contribution in [0.1, 0.15) is 99.8 Å². The number of carbonyl (C=O) groups is 2. The van der Waals surface area contributed by atoms with Gasteiger partial charge in [0.25, 0.3) is 0 Å². The van der Waals surface area contributed by atoms with Gasteiger partial charge < -0.3 is 20.1 Å². The van der Waals surface area contributed by atoms with E-state index in [2.05, 4.69) is 27.7 Å². The van der Waals surface area contributed by atoms with Crippen molar-refractivity contribution < 1.29 is 42.8 Å². The Kier molecular flexibility index (Phi) is 8.36. The van der Waals surface area contributed by atoms with Crippen molar-refractivity contribution in [1.82, 2.24) is 0 Å². The smallest absolute Gasteiger partial charge is 0.412 e. The summed E-state index contributed by atoms with van der Waals surface area (Å²) in [6.45, 7) is 12.6. The number of carbonyl (C=O) groups excluding carboxylic acids is 1. The minimum Gasteiger partial charge on any atom is -0.478 e. The number of halogens is 3. The number of alkyl halides is 3. The van der Waals surface area contributed by atoms with Crippen LogP contribution in [0.3, 0.4) is 0 Å². The van der Waals surface area contributed by atoms with E-state index < -0.39 is 59.1 Å². The second kappa shape index (κ2) is 10.7. The molecule has 10 atom stereocenters. The predicted octanol–water partition coefficient (Wildman–Crippen LogP) is 6.60. The monoisotopic (exact) mass is 584 g/mol. The molecule has 9 heteroatoms. The van der Waals surface area contributed by atoms with E-state index in [0.717, 1.165) is 19.3 Å². The topological polar surface area (TPSA) is 104 Å². The molecule has 4 aliphatic rings. The molecule has 4 saturated carbocycles. The number of allylic oxidation sites excluding steroid dienone is 2. The molecule has 4 aliphatic carbocycles. The lowest BCUT2D eigenvalue weighted by Crippen LogP contribution is -2.65. The first kappa shape index (κ1) is 32.1. The number of fused-ring (bicyclic) bond motifs is 5. The highest BCUT2D eigenvalue weighted by Gasteiger charge is 2.70. The van der Waals surface area contributed by atoms with E-state index >= 15 is 0 Å². The zero-order chi connectivity index (χ0) is 30.9. The molecular formula is C32H47F3O6. The fourth-order valence-corrected chi connectivity index (χ4v) is 10.2. The van der Waals surface area contributed by atoms with Crippen molar-refractivity contribution in [3.05, 3.63) is 22.3 Å². The number of hydrogen-bond donors (Lipinski definition) is 3. The Morgan fingerprint density at radius 3 is 2.15 bits per heavy atom. The van der Waals surface area contributed by atoms with Crippen LogP contribution in [-0.2, 0) is 14.3 Å². The van der Waals surface area contributed by atoms with Gasteiger partial charge >= 0.3 is 18.1 Å². The van der Waals surface area contributed by atoms with E-state index in [1.165, 1.54) is 20.8 Å². The van der Waals surface area contributed by atoms with Crippen LogP contribution in [0.15, 0.2) is 22.3 Å². The van der Waals surface area contributed by atoms with Crippen molar-refractivity contribution in [3.8, 4) is 0 Å². The maximum atomic E-state index is 13.7. The zero-order valence-corrected chi connectivity index (χ0v) is 25.4.